The summed E-state index contributed by atoms with van der Waals surface area (Å²) in [4.78, 5) is 32.1. The third-order valence-electron chi connectivity index (χ3n) is 6.68. The second-order valence-electron chi connectivity index (χ2n) is 9.14. The quantitative estimate of drug-likeness (QED) is 0.386. The second-order valence-corrected chi connectivity index (χ2v) is 9.14. The summed E-state index contributed by atoms with van der Waals surface area (Å²) in [5.41, 5.74) is 9.32. The van der Waals surface area contributed by atoms with Gasteiger partial charge in [-0.05, 0) is 55.7 Å². The van der Waals surface area contributed by atoms with Crippen molar-refractivity contribution in [3.05, 3.63) is 77.7 Å². The van der Waals surface area contributed by atoms with Gasteiger partial charge in [0.25, 0.3) is 0 Å². The van der Waals surface area contributed by atoms with Gasteiger partial charge in [0.1, 0.15) is 5.82 Å². The predicted molar refractivity (Wildman–Crippen MR) is 131 cm³/mol. The van der Waals surface area contributed by atoms with E-state index in [1.54, 1.807) is 12.1 Å². The number of carboxylic acids is 1. The topological polar surface area (TPSA) is 121 Å². The van der Waals surface area contributed by atoms with E-state index >= 15 is 0 Å². The van der Waals surface area contributed by atoms with E-state index in [0.717, 1.165) is 48.1 Å². The van der Waals surface area contributed by atoms with E-state index in [-0.39, 0.29) is 24.3 Å². The average Bonchev–Trinajstić information content (AvgIpc) is 3.35. The van der Waals surface area contributed by atoms with Crippen LogP contribution in [0.2, 0.25) is 0 Å². The number of carbonyl (C=O) groups excluding carboxylic acids is 1. The molecule has 1 amide bonds. The normalized spacial score (nSPS) is 18.9. The van der Waals surface area contributed by atoms with Gasteiger partial charge in [-0.1, -0.05) is 54.6 Å². The number of amides is 1. The Morgan fingerprint density at radius 3 is 2.38 bits per heavy atom. The highest BCUT2D eigenvalue weighted by Gasteiger charge is 2.28. The van der Waals surface area contributed by atoms with Crippen LogP contribution in [-0.4, -0.2) is 33.5 Å². The molecule has 0 aliphatic heterocycles. The SMILES string of the molecule is NCC1CCC(C(=O)NC(Cc2ccccc2)c2nc(-c3ccc(CC(=O)O)cc3)c[nH]2)CC1. The van der Waals surface area contributed by atoms with Crippen molar-refractivity contribution in [1.29, 1.82) is 0 Å². The molecular formula is C27H32N4O3. The number of hydrogen-bond donors (Lipinski definition) is 4. The number of aromatic nitrogens is 2. The van der Waals surface area contributed by atoms with Crippen LogP contribution in [0.25, 0.3) is 11.3 Å². The van der Waals surface area contributed by atoms with Crippen molar-refractivity contribution in [2.24, 2.45) is 17.6 Å². The van der Waals surface area contributed by atoms with Gasteiger partial charge in [-0.15, -0.1) is 0 Å². The first-order valence-electron chi connectivity index (χ1n) is 11.9. The fourth-order valence-electron chi connectivity index (χ4n) is 4.65. The minimum absolute atomic E-state index is 0.00945. The van der Waals surface area contributed by atoms with Crippen molar-refractivity contribution >= 4 is 11.9 Å². The van der Waals surface area contributed by atoms with Crippen LogP contribution in [-0.2, 0) is 22.4 Å². The van der Waals surface area contributed by atoms with Crippen LogP contribution in [0.1, 0.15) is 48.7 Å². The number of nitrogens with two attached hydrogens (primary N) is 1. The van der Waals surface area contributed by atoms with Gasteiger partial charge in [0.05, 0.1) is 18.2 Å². The Bertz CT molecular complexity index is 1090. The summed E-state index contributed by atoms with van der Waals surface area (Å²) in [5.74, 6) is 0.464. The third kappa shape index (κ3) is 6.11. The summed E-state index contributed by atoms with van der Waals surface area (Å²) >= 11 is 0. The molecule has 5 N–H and O–H groups in total. The number of aromatic amines is 1. The Morgan fingerprint density at radius 2 is 1.74 bits per heavy atom. The van der Waals surface area contributed by atoms with E-state index in [2.05, 4.69) is 22.4 Å². The highest BCUT2D eigenvalue weighted by Crippen LogP contribution is 2.29. The van der Waals surface area contributed by atoms with E-state index in [1.807, 2.05) is 36.5 Å². The average molecular weight is 461 g/mol. The Hall–Kier alpha value is -3.45. The molecule has 7 nitrogen and oxygen atoms in total. The van der Waals surface area contributed by atoms with E-state index < -0.39 is 5.97 Å². The van der Waals surface area contributed by atoms with Crippen LogP contribution < -0.4 is 11.1 Å². The fourth-order valence-corrected chi connectivity index (χ4v) is 4.65. The van der Waals surface area contributed by atoms with Gasteiger partial charge in [0.15, 0.2) is 0 Å². The maximum Gasteiger partial charge on any atom is 0.307 e. The first-order chi connectivity index (χ1) is 16.5. The summed E-state index contributed by atoms with van der Waals surface area (Å²) in [6.45, 7) is 0.692. The molecule has 1 fully saturated rings. The molecule has 1 heterocycles. The largest absolute Gasteiger partial charge is 0.481 e. The Morgan fingerprint density at radius 1 is 1.03 bits per heavy atom. The number of hydrogen-bond acceptors (Lipinski definition) is 4. The Balaban J connectivity index is 1.50. The minimum atomic E-state index is -0.856. The molecule has 7 heteroatoms. The predicted octanol–water partition coefficient (Wildman–Crippen LogP) is 3.87. The van der Waals surface area contributed by atoms with Crippen LogP contribution in [0.5, 0.6) is 0 Å². The number of aliphatic carboxylic acids is 1. The van der Waals surface area contributed by atoms with Crippen molar-refractivity contribution in [3.8, 4) is 11.3 Å². The summed E-state index contributed by atoms with van der Waals surface area (Å²) in [6, 6.07) is 17.2. The molecule has 0 bridgehead atoms. The lowest BCUT2D eigenvalue weighted by atomic mass is 9.81. The van der Waals surface area contributed by atoms with Gasteiger partial charge in [0, 0.05) is 17.7 Å². The zero-order valence-electron chi connectivity index (χ0n) is 19.2. The zero-order valence-corrected chi connectivity index (χ0v) is 19.2. The summed E-state index contributed by atoms with van der Waals surface area (Å²) < 4.78 is 0. The molecule has 1 saturated carbocycles. The minimum Gasteiger partial charge on any atom is -0.481 e. The Kier molecular flexibility index (Phi) is 7.75. The number of benzene rings is 2. The number of nitrogens with one attached hydrogen (secondary N) is 2. The lowest BCUT2D eigenvalue weighted by Crippen LogP contribution is -2.37. The molecule has 0 spiro atoms. The van der Waals surface area contributed by atoms with Gasteiger partial charge in [-0.2, -0.15) is 0 Å². The van der Waals surface area contributed by atoms with Crippen LogP contribution in [0, 0.1) is 11.8 Å². The summed E-state index contributed by atoms with van der Waals surface area (Å²) in [6.07, 6.45) is 6.20. The third-order valence-corrected chi connectivity index (χ3v) is 6.68. The monoisotopic (exact) mass is 460 g/mol. The van der Waals surface area contributed by atoms with Crippen molar-refractivity contribution < 1.29 is 14.7 Å². The molecule has 178 valence electrons. The van der Waals surface area contributed by atoms with Gasteiger partial charge in [0.2, 0.25) is 5.91 Å². The zero-order chi connectivity index (χ0) is 23.9. The number of imidazole rings is 1. The molecule has 1 unspecified atom stereocenters. The lowest BCUT2D eigenvalue weighted by Gasteiger charge is -2.28. The smallest absolute Gasteiger partial charge is 0.307 e. The van der Waals surface area contributed by atoms with Gasteiger partial charge in [-0.25, -0.2) is 4.98 Å². The van der Waals surface area contributed by atoms with E-state index in [1.165, 1.54) is 0 Å². The van der Waals surface area contributed by atoms with Crippen LogP contribution in [0.4, 0.5) is 0 Å². The lowest BCUT2D eigenvalue weighted by molar-refractivity contribution is -0.136. The number of rotatable bonds is 9. The molecule has 1 aliphatic carbocycles. The molecule has 2 aromatic carbocycles. The van der Waals surface area contributed by atoms with Crippen LogP contribution >= 0.6 is 0 Å². The molecule has 1 aliphatic rings. The van der Waals surface area contributed by atoms with Gasteiger partial charge >= 0.3 is 5.97 Å². The molecule has 4 rings (SSSR count). The summed E-state index contributed by atoms with van der Waals surface area (Å²) in [7, 11) is 0. The van der Waals surface area contributed by atoms with E-state index in [9.17, 15) is 9.59 Å². The maximum absolute atomic E-state index is 13.1. The molecule has 0 radical (unpaired) electrons. The van der Waals surface area contributed by atoms with Gasteiger partial charge in [-0.3, -0.25) is 9.59 Å². The van der Waals surface area contributed by atoms with Crippen molar-refractivity contribution in [3.63, 3.8) is 0 Å². The van der Waals surface area contributed by atoms with Crippen molar-refractivity contribution in [2.75, 3.05) is 6.54 Å². The van der Waals surface area contributed by atoms with Crippen LogP contribution in [0.3, 0.4) is 0 Å². The number of nitrogens with zero attached hydrogens (tertiary/aromatic N) is 1. The first-order valence-corrected chi connectivity index (χ1v) is 11.9. The van der Waals surface area contributed by atoms with E-state index in [0.29, 0.717) is 24.7 Å². The standard InChI is InChI=1S/C27H32N4O3/c28-16-20-8-12-22(13-9-20)27(34)31-23(14-18-4-2-1-3-5-18)26-29-17-24(30-26)21-10-6-19(7-11-21)15-25(32)33/h1-7,10-11,17,20,22-23H,8-9,12-16,28H2,(H,29,30)(H,31,34)(H,32,33). The van der Waals surface area contributed by atoms with Gasteiger partial charge < -0.3 is 21.1 Å². The van der Waals surface area contributed by atoms with E-state index in [4.69, 9.17) is 15.8 Å². The Labute approximate surface area is 199 Å². The molecule has 1 aromatic heterocycles. The molecule has 1 atom stereocenters. The highest BCUT2D eigenvalue weighted by molar-refractivity contribution is 5.79. The highest BCUT2D eigenvalue weighted by atomic mass is 16.4. The van der Waals surface area contributed by atoms with Crippen molar-refractivity contribution in [2.45, 2.75) is 44.6 Å². The first kappa shape index (κ1) is 23.7. The second kappa shape index (κ2) is 11.1. The number of H-pyrrole nitrogens is 1. The van der Waals surface area contributed by atoms with Crippen LogP contribution in [0.15, 0.2) is 60.8 Å². The van der Waals surface area contributed by atoms with Crippen molar-refractivity contribution in [1.82, 2.24) is 15.3 Å². The number of carboxylic acid groups (broad SMARTS) is 1. The number of carbonyl (C=O) groups is 2. The summed E-state index contributed by atoms with van der Waals surface area (Å²) in [5, 5.41) is 12.2. The maximum atomic E-state index is 13.1. The molecule has 0 saturated heterocycles. The fraction of sp³-hybridized carbons (Fsp3) is 0.370. The molecule has 34 heavy (non-hydrogen) atoms. The molecular weight excluding hydrogens is 428 g/mol. The molecule has 3 aromatic rings.